The summed E-state index contributed by atoms with van der Waals surface area (Å²) >= 11 is 0. The van der Waals surface area contributed by atoms with Crippen LogP contribution in [-0.4, -0.2) is 25.9 Å². The molecule has 0 aliphatic rings. The number of rotatable bonds is 6. The van der Waals surface area contributed by atoms with E-state index in [1.807, 2.05) is 39.0 Å². The number of para-hydroxylation sites is 1. The highest BCUT2D eigenvalue weighted by molar-refractivity contribution is 5.46. The third kappa shape index (κ3) is 4.55. The number of benzene rings is 1. The van der Waals surface area contributed by atoms with Crippen LogP contribution >= 0.6 is 0 Å². The van der Waals surface area contributed by atoms with Crippen molar-refractivity contribution in [2.75, 3.05) is 20.3 Å². The maximum absolute atomic E-state index is 5.72. The van der Waals surface area contributed by atoms with E-state index < -0.39 is 0 Å². The van der Waals surface area contributed by atoms with E-state index in [0.717, 1.165) is 5.56 Å². The Kier molecular flexibility index (Phi) is 5.44. The van der Waals surface area contributed by atoms with E-state index in [2.05, 4.69) is 0 Å². The molecule has 0 aliphatic carbocycles. The molecule has 0 spiro atoms. The van der Waals surface area contributed by atoms with Crippen molar-refractivity contribution in [1.82, 2.24) is 0 Å². The fourth-order valence-electron chi connectivity index (χ4n) is 1.54. The summed E-state index contributed by atoms with van der Waals surface area (Å²) in [5.41, 5.74) is 6.46. The second kappa shape index (κ2) is 6.61. The molecule has 0 fully saturated rings. The minimum atomic E-state index is -0.152. The molecule has 1 aromatic carbocycles. The van der Waals surface area contributed by atoms with E-state index in [1.54, 1.807) is 7.11 Å². The lowest BCUT2D eigenvalue weighted by Gasteiger charge is -2.20. The van der Waals surface area contributed by atoms with Gasteiger partial charge in [0.15, 0.2) is 11.5 Å². The standard InChI is InChI=1S/C14H23NO3/c1-14(2,3)18-9-8-17-13-11(10-15)6-5-7-12(13)16-4/h5-7H,8-10,15H2,1-4H3. The molecule has 0 heterocycles. The average molecular weight is 253 g/mol. The molecule has 0 aromatic heterocycles. The molecule has 0 aliphatic heterocycles. The Balaban J connectivity index is 2.60. The first-order valence-electron chi connectivity index (χ1n) is 6.10. The van der Waals surface area contributed by atoms with Crippen LogP contribution in [0.25, 0.3) is 0 Å². The summed E-state index contributed by atoms with van der Waals surface area (Å²) < 4.78 is 16.6. The third-order valence-electron chi connectivity index (χ3n) is 2.37. The van der Waals surface area contributed by atoms with Gasteiger partial charge in [0.2, 0.25) is 0 Å². The number of ether oxygens (including phenoxy) is 3. The number of nitrogens with two attached hydrogens (primary N) is 1. The molecule has 102 valence electrons. The predicted molar refractivity (Wildman–Crippen MR) is 72.1 cm³/mol. The minimum absolute atomic E-state index is 0.152. The van der Waals surface area contributed by atoms with Crippen molar-refractivity contribution in [3.8, 4) is 11.5 Å². The van der Waals surface area contributed by atoms with Crippen molar-refractivity contribution in [3.05, 3.63) is 23.8 Å². The Bertz CT molecular complexity index is 350. The number of methoxy groups -OCH3 is 1. The van der Waals surface area contributed by atoms with Gasteiger partial charge in [0.05, 0.1) is 19.3 Å². The molecule has 4 heteroatoms. The molecule has 2 N–H and O–H groups in total. The van der Waals surface area contributed by atoms with E-state index >= 15 is 0 Å². The highest BCUT2D eigenvalue weighted by Gasteiger charge is 2.12. The first kappa shape index (κ1) is 14.8. The second-order valence-corrected chi connectivity index (χ2v) is 4.96. The maximum atomic E-state index is 5.72. The van der Waals surface area contributed by atoms with Crippen molar-refractivity contribution in [2.24, 2.45) is 5.73 Å². The molecule has 0 saturated carbocycles. The Morgan fingerprint density at radius 1 is 1.17 bits per heavy atom. The SMILES string of the molecule is COc1cccc(CN)c1OCCOC(C)(C)C. The minimum Gasteiger partial charge on any atom is -0.493 e. The van der Waals surface area contributed by atoms with Gasteiger partial charge in [-0.05, 0) is 26.8 Å². The van der Waals surface area contributed by atoms with E-state index in [0.29, 0.717) is 31.3 Å². The zero-order valence-corrected chi connectivity index (χ0v) is 11.7. The second-order valence-electron chi connectivity index (χ2n) is 4.96. The van der Waals surface area contributed by atoms with Crippen molar-refractivity contribution < 1.29 is 14.2 Å². The van der Waals surface area contributed by atoms with Crippen molar-refractivity contribution in [3.63, 3.8) is 0 Å². The van der Waals surface area contributed by atoms with Gasteiger partial charge in [-0.1, -0.05) is 12.1 Å². The van der Waals surface area contributed by atoms with Crippen molar-refractivity contribution >= 4 is 0 Å². The monoisotopic (exact) mass is 253 g/mol. The fourth-order valence-corrected chi connectivity index (χ4v) is 1.54. The van der Waals surface area contributed by atoms with E-state index in [4.69, 9.17) is 19.9 Å². The lowest BCUT2D eigenvalue weighted by Crippen LogP contribution is -2.22. The summed E-state index contributed by atoms with van der Waals surface area (Å²) in [6, 6.07) is 5.70. The van der Waals surface area contributed by atoms with Crippen LogP contribution in [0.5, 0.6) is 11.5 Å². The molecular formula is C14H23NO3. The van der Waals surface area contributed by atoms with Crippen LogP contribution < -0.4 is 15.2 Å². The van der Waals surface area contributed by atoms with Gasteiger partial charge in [-0.3, -0.25) is 0 Å². The summed E-state index contributed by atoms with van der Waals surface area (Å²) in [4.78, 5) is 0. The molecule has 0 bridgehead atoms. The Morgan fingerprint density at radius 3 is 2.44 bits per heavy atom. The number of hydrogen-bond donors (Lipinski definition) is 1. The molecule has 18 heavy (non-hydrogen) atoms. The van der Waals surface area contributed by atoms with Gasteiger partial charge in [0.25, 0.3) is 0 Å². The normalized spacial score (nSPS) is 11.4. The highest BCUT2D eigenvalue weighted by atomic mass is 16.5. The maximum Gasteiger partial charge on any atom is 0.165 e. The van der Waals surface area contributed by atoms with E-state index in [1.165, 1.54) is 0 Å². The van der Waals surface area contributed by atoms with Crippen LogP contribution in [0.3, 0.4) is 0 Å². The first-order valence-corrected chi connectivity index (χ1v) is 6.10. The van der Waals surface area contributed by atoms with Crippen LogP contribution in [0.1, 0.15) is 26.3 Å². The lowest BCUT2D eigenvalue weighted by molar-refractivity contribution is -0.0166. The summed E-state index contributed by atoms with van der Waals surface area (Å²) in [5, 5.41) is 0. The summed E-state index contributed by atoms with van der Waals surface area (Å²) in [7, 11) is 1.62. The van der Waals surface area contributed by atoms with E-state index in [9.17, 15) is 0 Å². The van der Waals surface area contributed by atoms with Crippen molar-refractivity contribution in [2.45, 2.75) is 32.9 Å². The van der Waals surface area contributed by atoms with Crippen LogP contribution in [0, 0.1) is 0 Å². The topological polar surface area (TPSA) is 53.7 Å². The van der Waals surface area contributed by atoms with Gasteiger partial charge in [-0.15, -0.1) is 0 Å². The van der Waals surface area contributed by atoms with Gasteiger partial charge in [0.1, 0.15) is 6.61 Å². The van der Waals surface area contributed by atoms with Crippen LogP contribution in [0.15, 0.2) is 18.2 Å². The smallest absolute Gasteiger partial charge is 0.165 e. The predicted octanol–water partition coefficient (Wildman–Crippen LogP) is 2.35. The largest absolute Gasteiger partial charge is 0.493 e. The van der Waals surface area contributed by atoms with E-state index in [-0.39, 0.29) is 5.60 Å². The summed E-state index contributed by atoms with van der Waals surface area (Å²) in [6.07, 6.45) is 0. The van der Waals surface area contributed by atoms with Gasteiger partial charge >= 0.3 is 0 Å². The van der Waals surface area contributed by atoms with Crippen LogP contribution in [-0.2, 0) is 11.3 Å². The summed E-state index contributed by atoms with van der Waals surface area (Å²) in [5.74, 6) is 1.41. The van der Waals surface area contributed by atoms with Crippen molar-refractivity contribution in [1.29, 1.82) is 0 Å². The molecule has 0 saturated heterocycles. The Labute approximate surface area is 109 Å². The van der Waals surface area contributed by atoms with Gasteiger partial charge in [0, 0.05) is 12.1 Å². The summed E-state index contributed by atoms with van der Waals surface area (Å²) in [6.45, 7) is 7.48. The Hall–Kier alpha value is -1.26. The average Bonchev–Trinajstić information content (AvgIpc) is 2.33. The molecule has 1 rings (SSSR count). The van der Waals surface area contributed by atoms with Gasteiger partial charge in [-0.25, -0.2) is 0 Å². The highest BCUT2D eigenvalue weighted by Crippen LogP contribution is 2.30. The zero-order chi connectivity index (χ0) is 13.6. The molecule has 4 nitrogen and oxygen atoms in total. The fraction of sp³-hybridized carbons (Fsp3) is 0.571. The Morgan fingerprint density at radius 2 is 1.89 bits per heavy atom. The van der Waals surface area contributed by atoms with Gasteiger partial charge < -0.3 is 19.9 Å². The lowest BCUT2D eigenvalue weighted by atomic mass is 10.2. The quantitative estimate of drug-likeness (QED) is 0.791. The van der Waals surface area contributed by atoms with Crippen LogP contribution in [0.2, 0.25) is 0 Å². The van der Waals surface area contributed by atoms with Crippen LogP contribution in [0.4, 0.5) is 0 Å². The molecule has 0 unspecified atom stereocenters. The molecule has 0 amide bonds. The third-order valence-corrected chi connectivity index (χ3v) is 2.37. The molecular weight excluding hydrogens is 230 g/mol. The zero-order valence-electron chi connectivity index (χ0n) is 11.7. The molecule has 0 atom stereocenters. The molecule has 0 radical (unpaired) electrons. The van der Waals surface area contributed by atoms with Gasteiger partial charge in [-0.2, -0.15) is 0 Å². The molecule has 1 aromatic rings. The number of hydrogen-bond acceptors (Lipinski definition) is 4. The first-order chi connectivity index (χ1) is 8.48.